The van der Waals surface area contributed by atoms with Crippen molar-refractivity contribution < 1.29 is 14.3 Å². The van der Waals surface area contributed by atoms with Crippen molar-refractivity contribution in [3.8, 4) is 11.5 Å². The number of hydrogen-bond acceptors (Lipinski definition) is 4. The molecule has 0 aliphatic heterocycles. The summed E-state index contributed by atoms with van der Waals surface area (Å²) in [7, 11) is 1.54. The van der Waals surface area contributed by atoms with Gasteiger partial charge in [0.25, 0.3) is 5.91 Å². The van der Waals surface area contributed by atoms with Crippen LogP contribution >= 0.6 is 23.8 Å². The number of nitrogens with one attached hydrogen (secondary N) is 3. The smallest absolute Gasteiger partial charge is 0.269 e. The summed E-state index contributed by atoms with van der Waals surface area (Å²) in [5, 5.41) is 4.39. The number of benzene rings is 2. The van der Waals surface area contributed by atoms with E-state index in [1.54, 1.807) is 18.2 Å². The van der Waals surface area contributed by atoms with Gasteiger partial charge in [0.15, 0.2) is 16.6 Å². The molecule has 3 N–H and O–H groups in total. The van der Waals surface area contributed by atoms with Gasteiger partial charge >= 0.3 is 0 Å². The Labute approximate surface area is 193 Å². The number of hydrazine groups is 1. The second-order valence-electron chi connectivity index (χ2n) is 7.70. The maximum absolute atomic E-state index is 12.5. The number of thiocarbonyl (C=S) groups is 1. The second kappa shape index (κ2) is 11.2. The largest absolute Gasteiger partial charge is 0.493 e. The normalized spacial score (nSPS) is 18.0. The van der Waals surface area contributed by atoms with E-state index in [1.165, 1.54) is 26.4 Å². The van der Waals surface area contributed by atoms with Crippen LogP contribution in [0.15, 0.2) is 42.5 Å². The van der Waals surface area contributed by atoms with Crippen LogP contribution in [0.5, 0.6) is 11.5 Å². The average molecular weight is 462 g/mol. The third-order valence-electron chi connectivity index (χ3n) is 5.45. The molecular weight excluding hydrogens is 434 g/mol. The zero-order valence-electron chi connectivity index (χ0n) is 17.7. The number of amides is 1. The molecule has 8 heteroatoms. The Morgan fingerprint density at radius 1 is 1.10 bits per heavy atom. The highest BCUT2D eigenvalue weighted by Gasteiger charge is 2.21. The van der Waals surface area contributed by atoms with Gasteiger partial charge in [0.2, 0.25) is 0 Å². The lowest BCUT2D eigenvalue weighted by atomic mass is 9.86. The molecular formula is C23H28ClN3O3S. The third-order valence-corrected chi connectivity index (χ3v) is 5.92. The predicted molar refractivity (Wildman–Crippen MR) is 127 cm³/mol. The Kier molecular flexibility index (Phi) is 8.37. The predicted octanol–water partition coefficient (Wildman–Crippen LogP) is 4.62. The molecule has 0 radical (unpaired) electrons. The molecule has 0 bridgehead atoms. The summed E-state index contributed by atoms with van der Waals surface area (Å²) in [5.74, 6) is 1.26. The topological polar surface area (TPSA) is 71.6 Å². The minimum atomic E-state index is -0.316. The third kappa shape index (κ3) is 6.74. The van der Waals surface area contributed by atoms with Crippen LogP contribution in [0, 0.1) is 5.92 Å². The molecule has 1 saturated carbocycles. The van der Waals surface area contributed by atoms with Crippen LogP contribution in [0.25, 0.3) is 0 Å². The van der Waals surface area contributed by atoms with Crippen molar-refractivity contribution in [3.63, 3.8) is 0 Å². The molecule has 3 rings (SSSR count). The van der Waals surface area contributed by atoms with Gasteiger partial charge in [0.05, 0.1) is 7.11 Å². The van der Waals surface area contributed by atoms with E-state index in [4.69, 9.17) is 33.3 Å². The number of rotatable bonds is 6. The van der Waals surface area contributed by atoms with E-state index in [1.807, 2.05) is 24.3 Å². The highest BCUT2D eigenvalue weighted by molar-refractivity contribution is 7.80. The summed E-state index contributed by atoms with van der Waals surface area (Å²) >= 11 is 11.2. The summed E-state index contributed by atoms with van der Waals surface area (Å²) in [6, 6.07) is 12.8. The van der Waals surface area contributed by atoms with Crippen LogP contribution in [-0.4, -0.2) is 24.2 Å². The van der Waals surface area contributed by atoms with Gasteiger partial charge < -0.3 is 14.8 Å². The Balaban J connectivity index is 1.53. The van der Waals surface area contributed by atoms with Crippen molar-refractivity contribution >= 4 is 34.8 Å². The number of halogens is 1. The van der Waals surface area contributed by atoms with E-state index in [9.17, 15) is 4.79 Å². The molecule has 0 spiro atoms. The van der Waals surface area contributed by atoms with Crippen molar-refractivity contribution in [2.45, 2.75) is 45.3 Å². The highest BCUT2D eigenvalue weighted by Crippen LogP contribution is 2.29. The van der Waals surface area contributed by atoms with Gasteiger partial charge in [0, 0.05) is 16.6 Å². The Hall–Kier alpha value is -2.51. The van der Waals surface area contributed by atoms with Gasteiger partial charge in [-0.15, -0.1) is 0 Å². The molecule has 1 fully saturated rings. The number of carbonyl (C=O) groups is 1. The lowest BCUT2D eigenvalue weighted by molar-refractivity contribution is 0.0943. The van der Waals surface area contributed by atoms with Gasteiger partial charge in [-0.25, -0.2) is 0 Å². The quantitative estimate of drug-likeness (QED) is 0.431. The average Bonchev–Trinajstić information content (AvgIpc) is 2.78. The standard InChI is InChI=1S/C23H28ClN3O3S/c1-15-5-3-4-6-19(15)25-23(31)27-26-22(28)17-9-12-20(21(13-17)29-2)30-14-16-7-10-18(24)11-8-16/h7-13,15,19H,3-6,14H2,1-2H3,(H,26,28)(H2,25,27,31). The fourth-order valence-electron chi connectivity index (χ4n) is 3.59. The number of carbonyl (C=O) groups excluding carboxylic acids is 1. The SMILES string of the molecule is COc1cc(C(=O)NNC(=S)NC2CCCCC2C)ccc1OCc1ccc(Cl)cc1. The number of ether oxygens (including phenoxy) is 2. The maximum atomic E-state index is 12.5. The van der Waals surface area contributed by atoms with Crippen LogP contribution in [0.2, 0.25) is 5.02 Å². The zero-order valence-corrected chi connectivity index (χ0v) is 19.3. The van der Waals surface area contributed by atoms with Crippen LogP contribution in [-0.2, 0) is 6.61 Å². The summed E-state index contributed by atoms with van der Waals surface area (Å²) in [6.45, 7) is 2.58. The van der Waals surface area contributed by atoms with E-state index in [0.717, 1.165) is 12.0 Å². The summed E-state index contributed by atoms with van der Waals surface area (Å²) in [4.78, 5) is 12.5. The van der Waals surface area contributed by atoms with Crippen molar-refractivity contribution in [3.05, 3.63) is 58.6 Å². The van der Waals surface area contributed by atoms with Crippen molar-refractivity contribution in [1.29, 1.82) is 0 Å². The van der Waals surface area contributed by atoms with Crippen molar-refractivity contribution in [2.75, 3.05) is 7.11 Å². The molecule has 1 amide bonds. The number of methoxy groups -OCH3 is 1. The Morgan fingerprint density at radius 3 is 2.55 bits per heavy atom. The fourth-order valence-corrected chi connectivity index (χ4v) is 3.92. The van der Waals surface area contributed by atoms with E-state index in [2.05, 4.69) is 23.1 Å². The molecule has 2 aromatic carbocycles. The first-order chi connectivity index (χ1) is 15.0. The van der Waals surface area contributed by atoms with Crippen molar-refractivity contribution in [1.82, 2.24) is 16.2 Å². The first-order valence-electron chi connectivity index (χ1n) is 10.4. The second-order valence-corrected chi connectivity index (χ2v) is 8.55. The summed E-state index contributed by atoms with van der Waals surface area (Å²) in [6.07, 6.45) is 4.74. The Bertz CT molecular complexity index is 907. The molecule has 0 heterocycles. The molecule has 2 aromatic rings. The van der Waals surface area contributed by atoms with Crippen LogP contribution in [0.3, 0.4) is 0 Å². The summed E-state index contributed by atoms with van der Waals surface area (Å²) < 4.78 is 11.2. The van der Waals surface area contributed by atoms with Gasteiger partial charge in [-0.2, -0.15) is 0 Å². The van der Waals surface area contributed by atoms with E-state index in [-0.39, 0.29) is 5.91 Å². The van der Waals surface area contributed by atoms with Gasteiger partial charge in [-0.3, -0.25) is 15.6 Å². The molecule has 166 valence electrons. The molecule has 1 aliphatic rings. The Morgan fingerprint density at radius 2 is 1.84 bits per heavy atom. The molecule has 31 heavy (non-hydrogen) atoms. The monoisotopic (exact) mass is 461 g/mol. The molecule has 2 atom stereocenters. The highest BCUT2D eigenvalue weighted by atomic mass is 35.5. The zero-order chi connectivity index (χ0) is 22.2. The molecule has 6 nitrogen and oxygen atoms in total. The molecule has 0 aromatic heterocycles. The molecule has 1 aliphatic carbocycles. The molecule has 2 unspecified atom stereocenters. The minimum Gasteiger partial charge on any atom is -0.493 e. The minimum absolute atomic E-state index is 0.316. The lowest BCUT2D eigenvalue weighted by Gasteiger charge is -2.30. The first-order valence-corrected chi connectivity index (χ1v) is 11.2. The van der Waals surface area contributed by atoms with Crippen molar-refractivity contribution in [2.24, 2.45) is 5.92 Å². The van der Waals surface area contributed by atoms with Crippen LogP contribution in [0.1, 0.15) is 48.5 Å². The van der Waals surface area contributed by atoms with Gasteiger partial charge in [-0.1, -0.05) is 43.5 Å². The summed E-state index contributed by atoms with van der Waals surface area (Å²) in [5.41, 5.74) is 6.83. The van der Waals surface area contributed by atoms with Crippen LogP contribution in [0.4, 0.5) is 0 Å². The molecule has 0 saturated heterocycles. The number of hydrogen-bond donors (Lipinski definition) is 3. The maximum Gasteiger partial charge on any atom is 0.269 e. The van der Waals surface area contributed by atoms with E-state index >= 15 is 0 Å². The van der Waals surface area contributed by atoms with Crippen LogP contribution < -0.4 is 25.6 Å². The first kappa shape index (κ1) is 23.2. The van der Waals surface area contributed by atoms with Gasteiger partial charge in [-0.05, 0) is 66.9 Å². The van der Waals surface area contributed by atoms with E-state index < -0.39 is 0 Å². The lowest BCUT2D eigenvalue weighted by Crippen LogP contribution is -2.51. The van der Waals surface area contributed by atoms with E-state index in [0.29, 0.717) is 45.8 Å². The van der Waals surface area contributed by atoms with Gasteiger partial charge in [0.1, 0.15) is 6.61 Å². The fraction of sp³-hybridized carbons (Fsp3) is 0.391.